The van der Waals surface area contributed by atoms with Gasteiger partial charge in [-0.25, -0.2) is 13.2 Å². The van der Waals surface area contributed by atoms with Gasteiger partial charge in [-0.3, -0.25) is 9.48 Å². The molecule has 160 valence electrons. The SMILES string of the molecule is Cc1nn(C2CCS(=O)(=O)C2)c(C)c1NC(=O)NC(C)c1ccc2c(c1)CC(=O)N2. The quantitative estimate of drug-likeness (QED) is 0.685. The van der Waals surface area contributed by atoms with Gasteiger partial charge in [0.2, 0.25) is 5.91 Å². The molecule has 9 nitrogen and oxygen atoms in total. The number of aromatic nitrogens is 2. The van der Waals surface area contributed by atoms with Gasteiger partial charge in [0.25, 0.3) is 0 Å². The third-order valence-corrected chi connectivity index (χ3v) is 7.47. The highest BCUT2D eigenvalue weighted by Gasteiger charge is 2.31. The molecule has 3 N–H and O–H groups in total. The Kier molecular flexibility index (Phi) is 5.05. The lowest BCUT2D eigenvalue weighted by Gasteiger charge is -2.16. The Labute approximate surface area is 175 Å². The molecule has 0 radical (unpaired) electrons. The van der Waals surface area contributed by atoms with Crippen LogP contribution in [0.15, 0.2) is 18.2 Å². The number of nitrogens with one attached hydrogen (secondary N) is 3. The number of urea groups is 1. The second-order valence-electron chi connectivity index (χ2n) is 8.01. The zero-order valence-corrected chi connectivity index (χ0v) is 18.0. The average molecular weight is 432 g/mol. The lowest BCUT2D eigenvalue weighted by atomic mass is 10.0. The number of hydrogen-bond donors (Lipinski definition) is 3. The van der Waals surface area contributed by atoms with E-state index in [-0.39, 0.29) is 35.5 Å². The maximum Gasteiger partial charge on any atom is 0.319 e. The van der Waals surface area contributed by atoms with Crippen LogP contribution < -0.4 is 16.0 Å². The van der Waals surface area contributed by atoms with Gasteiger partial charge in [-0.1, -0.05) is 12.1 Å². The molecule has 2 unspecified atom stereocenters. The van der Waals surface area contributed by atoms with Crippen molar-refractivity contribution in [1.29, 1.82) is 0 Å². The molecule has 0 aliphatic carbocycles. The van der Waals surface area contributed by atoms with Gasteiger partial charge in [0.1, 0.15) is 0 Å². The molecule has 0 spiro atoms. The number of fused-ring (bicyclic) bond motifs is 1. The van der Waals surface area contributed by atoms with E-state index in [2.05, 4.69) is 21.0 Å². The summed E-state index contributed by atoms with van der Waals surface area (Å²) < 4.78 is 25.3. The van der Waals surface area contributed by atoms with Crippen LogP contribution in [-0.2, 0) is 21.1 Å². The number of sulfone groups is 1. The van der Waals surface area contributed by atoms with Gasteiger partial charge in [-0.2, -0.15) is 5.10 Å². The van der Waals surface area contributed by atoms with Crippen molar-refractivity contribution in [3.05, 3.63) is 40.7 Å². The van der Waals surface area contributed by atoms with Gasteiger partial charge in [0.05, 0.1) is 47.1 Å². The normalized spacial score (nSPS) is 20.5. The van der Waals surface area contributed by atoms with E-state index in [0.29, 0.717) is 24.2 Å². The molecule has 30 heavy (non-hydrogen) atoms. The molecule has 10 heteroatoms. The van der Waals surface area contributed by atoms with E-state index in [1.165, 1.54) is 0 Å². The first-order valence-electron chi connectivity index (χ1n) is 9.89. The average Bonchev–Trinajstić information content (AvgIpc) is 3.30. The summed E-state index contributed by atoms with van der Waals surface area (Å²) >= 11 is 0. The molecule has 2 aromatic rings. The van der Waals surface area contributed by atoms with Crippen LogP contribution in [0.2, 0.25) is 0 Å². The van der Waals surface area contributed by atoms with Crippen LogP contribution in [0.1, 0.15) is 47.9 Å². The first-order valence-corrected chi connectivity index (χ1v) is 11.7. The minimum atomic E-state index is -3.03. The second-order valence-corrected chi connectivity index (χ2v) is 10.2. The monoisotopic (exact) mass is 431 g/mol. The van der Waals surface area contributed by atoms with E-state index < -0.39 is 9.84 Å². The topological polar surface area (TPSA) is 122 Å². The highest BCUT2D eigenvalue weighted by Crippen LogP contribution is 2.29. The number of carbonyl (C=O) groups excluding carboxylic acids is 2. The standard InChI is InChI=1S/C20H25N5O4S/c1-11(14-4-5-17-15(8-14)9-18(26)22-17)21-20(27)23-19-12(2)24-25(13(19)3)16-6-7-30(28,29)10-16/h4-5,8,11,16H,6-7,9-10H2,1-3H3,(H,22,26)(H2,21,23,27). The third-order valence-electron chi connectivity index (χ3n) is 5.72. The minimum Gasteiger partial charge on any atom is -0.331 e. The van der Waals surface area contributed by atoms with Crippen LogP contribution in [0.3, 0.4) is 0 Å². The summed E-state index contributed by atoms with van der Waals surface area (Å²) in [5.74, 6) is 0.213. The van der Waals surface area contributed by atoms with E-state index in [4.69, 9.17) is 0 Å². The fraction of sp³-hybridized carbons (Fsp3) is 0.450. The summed E-state index contributed by atoms with van der Waals surface area (Å²) in [6, 6.07) is 4.81. The van der Waals surface area contributed by atoms with Crippen molar-refractivity contribution in [2.75, 3.05) is 22.1 Å². The Morgan fingerprint density at radius 2 is 2.10 bits per heavy atom. The van der Waals surface area contributed by atoms with Gasteiger partial charge in [0, 0.05) is 5.69 Å². The molecule has 1 aromatic heterocycles. The van der Waals surface area contributed by atoms with Crippen LogP contribution in [0.5, 0.6) is 0 Å². The Morgan fingerprint density at radius 1 is 1.33 bits per heavy atom. The van der Waals surface area contributed by atoms with Crippen molar-refractivity contribution in [3.63, 3.8) is 0 Å². The molecular weight excluding hydrogens is 406 g/mol. The van der Waals surface area contributed by atoms with Gasteiger partial charge < -0.3 is 16.0 Å². The molecule has 3 amide bonds. The smallest absolute Gasteiger partial charge is 0.319 e. The third kappa shape index (κ3) is 3.91. The molecule has 1 aromatic carbocycles. The first kappa shape index (κ1) is 20.4. The zero-order valence-electron chi connectivity index (χ0n) is 17.2. The molecule has 1 saturated heterocycles. The Bertz CT molecular complexity index is 1140. The molecule has 3 heterocycles. The predicted octanol–water partition coefficient (Wildman–Crippen LogP) is 2.24. The Morgan fingerprint density at radius 3 is 2.80 bits per heavy atom. The Balaban J connectivity index is 1.44. The van der Waals surface area contributed by atoms with Gasteiger partial charge in [0.15, 0.2) is 9.84 Å². The van der Waals surface area contributed by atoms with Crippen LogP contribution in [0, 0.1) is 13.8 Å². The molecule has 2 aliphatic rings. The molecule has 2 atom stereocenters. The summed E-state index contributed by atoms with van der Waals surface area (Å²) in [6.07, 6.45) is 0.874. The first-order chi connectivity index (χ1) is 14.1. The lowest BCUT2D eigenvalue weighted by molar-refractivity contribution is -0.115. The van der Waals surface area contributed by atoms with Crippen molar-refractivity contribution < 1.29 is 18.0 Å². The molecule has 1 fully saturated rings. The highest BCUT2D eigenvalue weighted by molar-refractivity contribution is 7.91. The van der Waals surface area contributed by atoms with Crippen LogP contribution in [-0.4, -0.2) is 41.6 Å². The summed E-state index contributed by atoms with van der Waals surface area (Å²) in [5.41, 5.74) is 4.61. The number of aryl methyl sites for hydroxylation is 1. The van der Waals surface area contributed by atoms with Crippen molar-refractivity contribution in [3.8, 4) is 0 Å². The van der Waals surface area contributed by atoms with Crippen LogP contribution in [0.4, 0.5) is 16.2 Å². The van der Waals surface area contributed by atoms with Gasteiger partial charge in [-0.15, -0.1) is 0 Å². The van der Waals surface area contributed by atoms with E-state index in [1.807, 2.05) is 32.0 Å². The van der Waals surface area contributed by atoms with Crippen LogP contribution in [0.25, 0.3) is 0 Å². The fourth-order valence-corrected chi connectivity index (χ4v) is 5.81. The van der Waals surface area contributed by atoms with Crippen molar-refractivity contribution >= 4 is 33.2 Å². The molecule has 0 bridgehead atoms. The van der Waals surface area contributed by atoms with Crippen molar-refractivity contribution in [1.82, 2.24) is 15.1 Å². The van der Waals surface area contributed by atoms with Crippen LogP contribution >= 0.6 is 0 Å². The fourth-order valence-electron chi connectivity index (χ4n) is 4.12. The Hall–Kier alpha value is -2.88. The van der Waals surface area contributed by atoms with E-state index in [1.54, 1.807) is 11.6 Å². The van der Waals surface area contributed by atoms with E-state index in [0.717, 1.165) is 22.5 Å². The number of rotatable bonds is 4. The summed E-state index contributed by atoms with van der Waals surface area (Å²) in [6.45, 7) is 5.49. The van der Waals surface area contributed by atoms with E-state index in [9.17, 15) is 18.0 Å². The number of amides is 3. The largest absolute Gasteiger partial charge is 0.331 e. The molecule has 2 aliphatic heterocycles. The van der Waals surface area contributed by atoms with Gasteiger partial charge in [-0.05, 0) is 44.4 Å². The van der Waals surface area contributed by atoms with Crippen molar-refractivity contribution in [2.45, 2.75) is 45.7 Å². The molecule has 0 saturated carbocycles. The number of hydrogen-bond acceptors (Lipinski definition) is 5. The summed E-state index contributed by atoms with van der Waals surface area (Å²) in [5, 5.41) is 13.0. The number of benzene rings is 1. The van der Waals surface area contributed by atoms with Crippen molar-refractivity contribution in [2.24, 2.45) is 0 Å². The van der Waals surface area contributed by atoms with Gasteiger partial charge >= 0.3 is 6.03 Å². The number of carbonyl (C=O) groups is 2. The predicted molar refractivity (Wildman–Crippen MR) is 113 cm³/mol. The minimum absolute atomic E-state index is 0.0291. The van der Waals surface area contributed by atoms with E-state index >= 15 is 0 Å². The second kappa shape index (κ2) is 7.42. The number of nitrogens with zero attached hydrogens (tertiary/aromatic N) is 2. The summed E-state index contributed by atoms with van der Waals surface area (Å²) in [7, 11) is -3.03. The maximum atomic E-state index is 12.6. The summed E-state index contributed by atoms with van der Waals surface area (Å²) in [4.78, 5) is 24.1. The number of anilines is 2. The molecule has 4 rings (SSSR count). The zero-order chi connectivity index (χ0) is 21.6. The molecular formula is C20H25N5O4S. The highest BCUT2D eigenvalue weighted by atomic mass is 32.2. The maximum absolute atomic E-state index is 12.6. The lowest BCUT2D eigenvalue weighted by Crippen LogP contribution is -2.31.